The van der Waals surface area contributed by atoms with Crippen molar-refractivity contribution < 1.29 is 19.2 Å². The summed E-state index contributed by atoms with van der Waals surface area (Å²) in [6.45, 7) is 6.56. The number of nitrogens with one attached hydrogen (secondary N) is 1. The van der Waals surface area contributed by atoms with Crippen LogP contribution in [0.2, 0.25) is 0 Å². The molecule has 1 aromatic heterocycles. The van der Waals surface area contributed by atoms with E-state index in [0.717, 1.165) is 0 Å². The summed E-state index contributed by atoms with van der Waals surface area (Å²) in [5.41, 5.74) is 0. The molecule has 8 heteroatoms. The van der Waals surface area contributed by atoms with Crippen molar-refractivity contribution in [2.45, 2.75) is 26.3 Å². The Bertz CT molecular complexity index is 523. The first kappa shape index (κ1) is 16.4. The Morgan fingerprint density at radius 1 is 1.41 bits per heavy atom. The molecule has 0 bridgehead atoms. The van der Waals surface area contributed by atoms with Gasteiger partial charge in [-0.25, -0.2) is 0 Å². The number of carbonyl (C=O) groups excluding carboxylic acids is 1. The van der Waals surface area contributed by atoms with Crippen molar-refractivity contribution in [3.63, 3.8) is 0 Å². The van der Waals surface area contributed by atoms with Gasteiger partial charge < -0.3 is 14.9 Å². The van der Waals surface area contributed by atoms with Crippen LogP contribution in [0, 0.1) is 6.92 Å². The van der Waals surface area contributed by atoms with Crippen molar-refractivity contribution in [1.29, 1.82) is 0 Å². The Balaban J connectivity index is 1.77. The van der Waals surface area contributed by atoms with Crippen molar-refractivity contribution in [3.8, 4) is 0 Å². The second-order valence-corrected chi connectivity index (χ2v) is 5.45. The number of aromatic nitrogens is 1. The standard InChI is InChI=1S/C14H22N4O4/c1-3-11(14(20)21)18-6-4-17(5-7-18)9-13(19)15-12-8-10(2)22-16-12/h8,11H,3-7,9H2,1-2H3,(H,20,21)(H,15,16,19). The average Bonchev–Trinajstić information content (AvgIpc) is 2.86. The van der Waals surface area contributed by atoms with Gasteiger partial charge >= 0.3 is 5.97 Å². The van der Waals surface area contributed by atoms with Crippen LogP contribution in [0.1, 0.15) is 19.1 Å². The molecule has 1 aromatic rings. The summed E-state index contributed by atoms with van der Waals surface area (Å²) in [4.78, 5) is 27.0. The quantitative estimate of drug-likeness (QED) is 0.784. The van der Waals surface area contributed by atoms with Gasteiger partial charge in [0, 0.05) is 32.2 Å². The number of hydrogen-bond donors (Lipinski definition) is 2. The van der Waals surface area contributed by atoms with E-state index in [1.54, 1.807) is 13.0 Å². The lowest BCUT2D eigenvalue weighted by Crippen LogP contribution is -2.53. The number of hydrogen-bond acceptors (Lipinski definition) is 6. The van der Waals surface area contributed by atoms with E-state index in [0.29, 0.717) is 44.2 Å². The summed E-state index contributed by atoms with van der Waals surface area (Å²) in [7, 11) is 0. The molecule has 0 aromatic carbocycles. The molecule has 8 nitrogen and oxygen atoms in total. The van der Waals surface area contributed by atoms with E-state index in [9.17, 15) is 9.59 Å². The van der Waals surface area contributed by atoms with Crippen molar-refractivity contribution >= 4 is 17.7 Å². The molecule has 0 aliphatic carbocycles. The molecule has 1 atom stereocenters. The molecular weight excluding hydrogens is 288 g/mol. The maximum atomic E-state index is 11.9. The van der Waals surface area contributed by atoms with Crippen LogP contribution in [0.4, 0.5) is 5.82 Å². The highest BCUT2D eigenvalue weighted by Gasteiger charge is 2.27. The summed E-state index contributed by atoms with van der Waals surface area (Å²) in [5, 5.41) is 15.6. The number of carboxylic acids is 1. The van der Waals surface area contributed by atoms with Gasteiger partial charge in [0.2, 0.25) is 5.91 Å². The maximum Gasteiger partial charge on any atom is 0.320 e. The SMILES string of the molecule is CCC(C(=O)O)N1CCN(CC(=O)Nc2cc(C)on2)CC1. The van der Waals surface area contributed by atoms with Gasteiger partial charge in [-0.1, -0.05) is 12.1 Å². The zero-order valence-electron chi connectivity index (χ0n) is 12.9. The van der Waals surface area contributed by atoms with Gasteiger partial charge in [0.25, 0.3) is 0 Å². The highest BCUT2D eigenvalue weighted by atomic mass is 16.5. The fourth-order valence-corrected chi connectivity index (χ4v) is 2.63. The van der Waals surface area contributed by atoms with Crippen molar-refractivity contribution in [1.82, 2.24) is 15.0 Å². The molecule has 1 amide bonds. The predicted molar refractivity (Wildman–Crippen MR) is 79.6 cm³/mol. The first-order chi connectivity index (χ1) is 10.5. The molecule has 1 fully saturated rings. The number of carbonyl (C=O) groups is 2. The minimum Gasteiger partial charge on any atom is -0.480 e. The monoisotopic (exact) mass is 310 g/mol. The normalized spacial score (nSPS) is 18.1. The topological polar surface area (TPSA) is 98.9 Å². The van der Waals surface area contributed by atoms with E-state index in [1.807, 2.05) is 16.7 Å². The van der Waals surface area contributed by atoms with Crippen molar-refractivity contribution in [3.05, 3.63) is 11.8 Å². The van der Waals surface area contributed by atoms with Gasteiger partial charge in [0.05, 0.1) is 6.54 Å². The zero-order valence-corrected chi connectivity index (χ0v) is 12.9. The van der Waals surface area contributed by atoms with Crippen LogP contribution in [0.15, 0.2) is 10.6 Å². The van der Waals surface area contributed by atoms with Gasteiger partial charge in [-0.3, -0.25) is 19.4 Å². The number of carboxylic acid groups (broad SMARTS) is 1. The maximum absolute atomic E-state index is 11.9. The molecule has 1 unspecified atom stereocenters. The second-order valence-electron chi connectivity index (χ2n) is 5.45. The molecule has 2 N–H and O–H groups in total. The largest absolute Gasteiger partial charge is 0.480 e. The Morgan fingerprint density at radius 2 is 2.09 bits per heavy atom. The molecule has 1 saturated heterocycles. The number of nitrogens with zero attached hydrogens (tertiary/aromatic N) is 3. The minimum atomic E-state index is -0.782. The lowest BCUT2D eigenvalue weighted by molar-refractivity contribution is -0.144. The number of amides is 1. The number of rotatable bonds is 6. The van der Waals surface area contributed by atoms with Gasteiger partial charge in [0.15, 0.2) is 5.82 Å². The van der Waals surface area contributed by atoms with E-state index >= 15 is 0 Å². The van der Waals surface area contributed by atoms with Crippen LogP contribution < -0.4 is 5.32 Å². The second kappa shape index (κ2) is 7.37. The highest BCUT2D eigenvalue weighted by Crippen LogP contribution is 2.10. The summed E-state index contributed by atoms with van der Waals surface area (Å²) in [6, 6.07) is 1.23. The summed E-state index contributed by atoms with van der Waals surface area (Å²) < 4.78 is 4.89. The zero-order chi connectivity index (χ0) is 16.1. The van der Waals surface area contributed by atoms with Crippen LogP contribution in [0.5, 0.6) is 0 Å². The van der Waals surface area contributed by atoms with E-state index in [-0.39, 0.29) is 12.5 Å². The van der Waals surface area contributed by atoms with Crippen LogP contribution >= 0.6 is 0 Å². The molecule has 2 heterocycles. The first-order valence-electron chi connectivity index (χ1n) is 7.42. The summed E-state index contributed by atoms with van der Waals surface area (Å²) >= 11 is 0. The Morgan fingerprint density at radius 3 is 2.59 bits per heavy atom. The minimum absolute atomic E-state index is 0.146. The Labute approximate surface area is 129 Å². The van der Waals surface area contributed by atoms with E-state index < -0.39 is 12.0 Å². The van der Waals surface area contributed by atoms with Crippen LogP contribution in [0.3, 0.4) is 0 Å². The van der Waals surface area contributed by atoms with E-state index in [4.69, 9.17) is 9.63 Å². The number of aryl methyl sites for hydroxylation is 1. The lowest BCUT2D eigenvalue weighted by Gasteiger charge is -2.37. The number of aliphatic carboxylic acids is 1. The van der Waals surface area contributed by atoms with Crippen LogP contribution in [-0.4, -0.2) is 70.7 Å². The van der Waals surface area contributed by atoms with Crippen LogP contribution in [-0.2, 0) is 9.59 Å². The third-order valence-corrected chi connectivity index (χ3v) is 3.78. The number of piperazine rings is 1. The van der Waals surface area contributed by atoms with Gasteiger partial charge in [-0.2, -0.15) is 0 Å². The molecule has 0 saturated carbocycles. The third-order valence-electron chi connectivity index (χ3n) is 3.78. The fourth-order valence-electron chi connectivity index (χ4n) is 2.63. The smallest absolute Gasteiger partial charge is 0.320 e. The Kier molecular flexibility index (Phi) is 5.51. The molecule has 1 aliphatic heterocycles. The molecule has 1 aliphatic rings. The number of anilines is 1. The van der Waals surface area contributed by atoms with Crippen molar-refractivity contribution in [2.24, 2.45) is 0 Å². The predicted octanol–water partition coefficient (Wildman–Crippen LogP) is 0.402. The third kappa shape index (κ3) is 4.28. The lowest BCUT2D eigenvalue weighted by atomic mass is 10.1. The highest BCUT2D eigenvalue weighted by molar-refractivity contribution is 5.91. The Hall–Kier alpha value is -1.93. The molecule has 22 heavy (non-hydrogen) atoms. The molecular formula is C14H22N4O4. The van der Waals surface area contributed by atoms with Gasteiger partial charge in [-0.05, 0) is 13.3 Å². The van der Waals surface area contributed by atoms with Gasteiger partial charge in [-0.15, -0.1) is 0 Å². The van der Waals surface area contributed by atoms with E-state index in [2.05, 4.69) is 10.5 Å². The van der Waals surface area contributed by atoms with Crippen LogP contribution in [0.25, 0.3) is 0 Å². The van der Waals surface area contributed by atoms with E-state index in [1.165, 1.54) is 0 Å². The fraction of sp³-hybridized carbons (Fsp3) is 0.643. The summed E-state index contributed by atoms with van der Waals surface area (Å²) in [5.74, 6) is 0.128. The molecule has 0 spiro atoms. The summed E-state index contributed by atoms with van der Waals surface area (Å²) in [6.07, 6.45) is 0.585. The van der Waals surface area contributed by atoms with Gasteiger partial charge in [0.1, 0.15) is 11.8 Å². The molecule has 2 rings (SSSR count). The average molecular weight is 310 g/mol. The van der Waals surface area contributed by atoms with Crippen molar-refractivity contribution in [2.75, 3.05) is 38.0 Å². The first-order valence-corrected chi connectivity index (χ1v) is 7.42. The molecule has 0 radical (unpaired) electrons. The molecule has 122 valence electrons.